The van der Waals surface area contributed by atoms with E-state index in [1.165, 1.54) is 5.01 Å². The molecular weight excluding hydrogens is 385 g/mol. The first-order valence-corrected chi connectivity index (χ1v) is 9.33. The summed E-state index contributed by atoms with van der Waals surface area (Å²) in [6.45, 7) is 3.89. The van der Waals surface area contributed by atoms with Gasteiger partial charge in [-0.3, -0.25) is 4.79 Å². The van der Waals surface area contributed by atoms with E-state index in [1.54, 1.807) is 36.4 Å². The van der Waals surface area contributed by atoms with Crippen molar-refractivity contribution in [2.24, 2.45) is 16.9 Å². The Bertz CT molecular complexity index is 877. The van der Waals surface area contributed by atoms with Crippen LogP contribution in [0.5, 0.6) is 0 Å². The van der Waals surface area contributed by atoms with E-state index >= 15 is 0 Å². The number of rotatable bonds is 4. The van der Waals surface area contributed by atoms with Gasteiger partial charge in [-0.15, -0.1) is 0 Å². The van der Waals surface area contributed by atoms with Crippen LogP contribution in [0.1, 0.15) is 19.4 Å². The number of amides is 2. The molecule has 1 heterocycles. The fraction of sp³-hybridized carbons (Fsp3) is 0.250. The van der Waals surface area contributed by atoms with Gasteiger partial charge in [-0.25, -0.2) is 9.80 Å². The molecule has 0 saturated heterocycles. The zero-order valence-electron chi connectivity index (χ0n) is 14.9. The number of carbonyl (C=O) groups excluding carboxylic acids is 2. The molecule has 7 heteroatoms. The minimum absolute atomic E-state index is 0.0468. The van der Waals surface area contributed by atoms with E-state index in [1.807, 2.05) is 26.0 Å². The number of Topliss-reactive ketones (excluding diaryl/α,β-unsaturated/α-hetero) is 1. The van der Waals surface area contributed by atoms with Gasteiger partial charge in [-0.2, -0.15) is 5.10 Å². The Kier molecular flexibility index (Phi) is 5.82. The third kappa shape index (κ3) is 4.49. The molecule has 140 valence electrons. The molecule has 0 saturated carbocycles. The molecule has 1 N–H and O–H groups in total. The molecule has 1 aliphatic rings. The van der Waals surface area contributed by atoms with Crippen LogP contribution in [0.3, 0.4) is 0 Å². The number of hydrogen-bond acceptors (Lipinski definition) is 3. The molecule has 2 amide bonds. The first kappa shape index (κ1) is 19.4. The minimum Gasteiger partial charge on any atom is -0.306 e. The van der Waals surface area contributed by atoms with Crippen molar-refractivity contribution >= 4 is 46.4 Å². The third-order valence-electron chi connectivity index (χ3n) is 4.30. The smallest absolute Gasteiger partial charge is 0.306 e. The summed E-state index contributed by atoms with van der Waals surface area (Å²) in [5.74, 6) is -0.584. The van der Waals surface area contributed by atoms with Crippen molar-refractivity contribution in [2.45, 2.75) is 13.8 Å². The lowest BCUT2D eigenvalue weighted by Crippen LogP contribution is -2.34. The first-order valence-electron chi connectivity index (χ1n) is 8.57. The molecule has 2 aromatic rings. The van der Waals surface area contributed by atoms with E-state index in [9.17, 15) is 9.59 Å². The third-order valence-corrected chi connectivity index (χ3v) is 4.80. The van der Waals surface area contributed by atoms with Crippen molar-refractivity contribution in [1.29, 1.82) is 0 Å². The molecule has 0 bridgehead atoms. The number of carbonyl (C=O) groups is 2. The van der Waals surface area contributed by atoms with Gasteiger partial charge in [0.05, 0.1) is 18.2 Å². The van der Waals surface area contributed by atoms with Crippen molar-refractivity contribution in [3.05, 3.63) is 64.1 Å². The van der Waals surface area contributed by atoms with E-state index in [-0.39, 0.29) is 18.2 Å². The maximum absolute atomic E-state index is 12.7. The molecule has 3 rings (SSSR count). The van der Waals surface area contributed by atoms with Crippen molar-refractivity contribution in [2.75, 3.05) is 11.9 Å². The number of nitrogens with zero attached hydrogens (tertiary/aromatic N) is 2. The molecule has 27 heavy (non-hydrogen) atoms. The van der Waals surface area contributed by atoms with Gasteiger partial charge in [0.2, 0.25) is 0 Å². The minimum atomic E-state index is -0.470. The zero-order valence-corrected chi connectivity index (χ0v) is 16.5. The number of hydrogen-bond donors (Lipinski definition) is 1. The summed E-state index contributed by atoms with van der Waals surface area (Å²) in [7, 11) is 0. The number of urea groups is 1. The van der Waals surface area contributed by atoms with Crippen LogP contribution in [0.4, 0.5) is 10.5 Å². The normalized spacial score (nSPS) is 16.4. The molecule has 2 aromatic carbocycles. The molecule has 1 atom stereocenters. The van der Waals surface area contributed by atoms with E-state index in [0.29, 0.717) is 21.4 Å². The molecule has 0 aromatic heterocycles. The lowest BCUT2D eigenvalue weighted by atomic mass is 9.88. The van der Waals surface area contributed by atoms with Crippen molar-refractivity contribution < 1.29 is 9.59 Å². The number of ketones is 1. The highest BCUT2D eigenvalue weighted by Gasteiger charge is 2.36. The Balaban J connectivity index is 1.85. The Morgan fingerprint density at radius 1 is 1.04 bits per heavy atom. The van der Waals surface area contributed by atoms with Gasteiger partial charge in [0.25, 0.3) is 0 Å². The van der Waals surface area contributed by atoms with E-state index in [2.05, 4.69) is 10.4 Å². The molecule has 1 unspecified atom stereocenters. The highest BCUT2D eigenvalue weighted by atomic mass is 35.5. The van der Waals surface area contributed by atoms with Gasteiger partial charge >= 0.3 is 6.03 Å². The van der Waals surface area contributed by atoms with Crippen LogP contribution < -0.4 is 5.32 Å². The largest absolute Gasteiger partial charge is 0.342 e. The molecule has 1 aliphatic heterocycles. The summed E-state index contributed by atoms with van der Waals surface area (Å²) >= 11 is 11.8. The van der Waals surface area contributed by atoms with Crippen LogP contribution in [0.2, 0.25) is 10.0 Å². The summed E-state index contributed by atoms with van der Waals surface area (Å²) in [5, 5.41) is 9.68. The monoisotopic (exact) mass is 403 g/mol. The summed E-state index contributed by atoms with van der Waals surface area (Å²) < 4.78 is 0. The molecule has 0 radical (unpaired) electrons. The molecule has 0 aliphatic carbocycles. The first-order chi connectivity index (χ1) is 12.8. The fourth-order valence-corrected chi connectivity index (χ4v) is 3.11. The predicted molar refractivity (Wildman–Crippen MR) is 109 cm³/mol. The second-order valence-corrected chi connectivity index (χ2v) is 7.49. The Labute approximate surface area is 168 Å². The summed E-state index contributed by atoms with van der Waals surface area (Å²) in [4.78, 5) is 25.3. The Hall–Kier alpha value is -2.37. The van der Waals surface area contributed by atoms with Crippen LogP contribution in [-0.2, 0) is 4.79 Å². The summed E-state index contributed by atoms with van der Waals surface area (Å²) in [5.41, 5.74) is 1.96. The number of hydrazone groups is 1. The maximum Gasteiger partial charge on any atom is 0.342 e. The van der Waals surface area contributed by atoms with Gasteiger partial charge in [-0.05, 0) is 42.0 Å². The van der Waals surface area contributed by atoms with Crippen LogP contribution in [-0.4, -0.2) is 29.1 Å². The highest BCUT2D eigenvalue weighted by molar-refractivity contribution is 6.31. The second kappa shape index (κ2) is 8.11. The highest BCUT2D eigenvalue weighted by Crippen LogP contribution is 2.25. The van der Waals surface area contributed by atoms with Crippen molar-refractivity contribution in [3.8, 4) is 0 Å². The van der Waals surface area contributed by atoms with Crippen molar-refractivity contribution in [1.82, 2.24) is 5.01 Å². The molecule has 0 fully saturated rings. The SMILES string of the molecule is CC(C)C(=O)C1CN(C(=O)Nc2ccc(Cl)cc2)N=C1c1ccc(Cl)cc1. The van der Waals surface area contributed by atoms with E-state index in [4.69, 9.17) is 23.2 Å². The van der Waals surface area contributed by atoms with E-state index < -0.39 is 11.9 Å². The lowest BCUT2D eigenvalue weighted by Gasteiger charge is -2.16. The molecular formula is C20H19Cl2N3O2. The van der Waals surface area contributed by atoms with Crippen LogP contribution in [0.25, 0.3) is 0 Å². The fourth-order valence-electron chi connectivity index (χ4n) is 2.86. The average Bonchev–Trinajstić information content (AvgIpc) is 3.09. The standard InChI is InChI=1S/C20H19Cl2N3O2/c1-12(2)19(26)17-11-25(20(27)23-16-9-7-15(22)8-10-16)24-18(17)13-3-5-14(21)6-4-13/h3-10,12,17H,11H2,1-2H3,(H,23,27). The number of benzene rings is 2. The summed E-state index contributed by atoms with van der Waals surface area (Å²) in [6.07, 6.45) is 0. The zero-order chi connectivity index (χ0) is 19.6. The molecule has 0 spiro atoms. The average molecular weight is 404 g/mol. The number of nitrogens with one attached hydrogen (secondary N) is 1. The lowest BCUT2D eigenvalue weighted by molar-refractivity contribution is -0.123. The maximum atomic E-state index is 12.7. The second-order valence-electron chi connectivity index (χ2n) is 6.62. The van der Waals surface area contributed by atoms with Crippen LogP contribution >= 0.6 is 23.2 Å². The topological polar surface area (TPSA) is 61.8 Å². The number of anilines is 1. The quantitative estimate of drug-likeness (QED) is 0.772. The van der Waals surface area contributed by atoms with Crippen molar-refractivity contribution in [3.63, 3.8) is 0 Å². The number of halogens is 2. The Morgan fingerprint density at radius 3 is 2.15 bits per heavy atom. The predicted octanol–water partition coefficient (Wildman–Crippen LogP) is 5.09. The molecule has 5 nitrogen and oxygen atoms in total. The van der Waals surface area contributed by atoms with E-state index in [0.717, 1.165) is 5.56 Å². The van der Waals surface area contributed by atoms with Gasteiger partial charge < -0.3 is 5.32 Å². The summed E-state index contributed by atoms with van der Waals surface area (Å²) in [6, 6.07) is 13.5. The van der Waals surface area contributed by atoms with Gasteiger partial charge in [0, 0.05) is 21.7 Å². The van der Waals surface area contributed by atoms with Crippen LogP contribution in [0.15, 0.2) is 53.6 Å². The van der Waals surface area contributed by atoms with Gasteiger partial charge in [-0.1, -0.05) is 49.2 Å². The van der Waals surface area contributed by atoms with Gasteiger partial charge in [0.15, 0.2) is 0 Å². The Morgan fingerprint density at radius 2 is 1.59 bits per heavy atom. The van der Waals surface area contributed by atoms with Gasteiger partial charge in [0.1, 0.15) is 5.78 Å². The van der Waals surface area contributed by atoms with Crippen LogP contribution in [0, 0.1) is 11.8 Å².